The zero-order valence-corrected chi connectivity index (χ0v) is 11.2. The van der Waals surface area contributed by atoms with E-state index in [1.54, 1.807) is 0 Å². The lowest BCUT2D eigenvalue weighted by Gasteiger charge is -2.30. The van der Waals surface area contributed by atoms with Crippen molar-refractivity contribution in [3.63, 3.8) is 0 Å². The first-order valence-electron chi connectivity index (χ1n) is 7.18. The minimum absolute atomic E-state index is 0.410. The molecule has 0 bridgehead atoms. The van der Waals surface area contributed by atoms with Crippen molar-refractivity contribution in [2.75, 3.05) is 19.6 Å². The number of carbonyl (C=O) groups is 1. The summed E-state index contributed by atoms with van der Waals surface area (Å²) in [6.45, 7) is 7.64. The van der Waals surface area contributed by atoms with E-state index in [0.717, 1.165) is 26.1 Å². The molecule has 0 radical (unpaired) electrons. The number of piperidine rings is 1. The van der Waals surface area contributed by atoms with Gasteiger partial charge in [0.2, 0.25) is 5.91 Å². The molecule has 3 heteroatoms. The number of nitrogens with zero attached hydrogens (tertiary/aromatic N) is 1. The normalized spacial score (nSPS) is 26.8. The molecule has 2 heterocycles. The molecule has 0 saturated carbocycles. The lowest BCUT2D eigenvalue weighted by Crippen LogP contribution is -2.40. The standard InChI is InChI=1S/C14H26N2O/c1-11(2)13-4-3-9-16(13)14(17)10-12-5-7-15-8-6-12/h11-13,15H,3-10H2,1-2H3. The number of hydrogen-bond donors (Lipinski definition) is 1. The van der Waals surface area contributed by atoms with Gasteiger partial charge in [-0.05, 0) is 50.6 Å². The molecule has 0 aliphatic carbocycles. The highest BCUT2D eigenvalue weighted by atomic mass is 16.2. The number of nitrogens with one attached hydrogen (secondary N) is 1. The smallest absolute Gasteiger partial charge is 0.223 e. The molecule has 3 nitrogen and oxygen atoms in total. The Hall–Kier alpha value is -0.570. The minimum Gasteiger partial charge on any atom is -0.339 e. The van der Waals surface area contributed by atoms with Gasteiger partial charge in [0.1, 0.15) is 0 Å². The fraction of sp³-hybridized carbons (Fsp3) is 0.929. The van der Waals surface area contributed by atoms with Crippen LogP contribution in [0.1, 0.15) is 46.0 Å². The molecule has 0 aromatic rings. The molecule has 17 heavy (non-hydrogen) atoms. The summed E-state index contributed by atoms with van der Waals surface area (Å²) >= 11 is 0. The van der Waals surface area contributed by atoms with Gasteiger partial charge in [-0.15, -0.1) is 0 Å². The van der Waals surface area contributed by atoms with E-state index in [4.69, 9.17) is 0 Å². The van der Waals surface area contributed by atoms with E-state index in [1.807, 2.05) is 0 Å². The summed E-state index contributed by atoms with van der Waals surface area (Å²) in [5.41, 5.74) is 0. The Balaban J connectivity index is 1.86. The number of likely N-dealkylation sites (tertiary alicyclic amines) is 1. The Morgan fingerprint density at radius 3 is 2.65 bits per heavy atom. The van der Waals surface area contributed by atoms with Gasteiger partial charge in [-0.1, -0.05) is 13.8 Å². The van der Waals surface area contributed by atoms with Crippen molar-refractivity contribution in [1.82, 2.24) is 10.2 Å². The second-order valence-corrected chi connectivity index (χ2v) is 5.94. The maximum Gasteiger partial charge on any atom is 0.223 e. The van der Waals surface area contributed by atoms with E-state index >= 15 is 0 Å². The largest absolute Gasteiger partial charge is 0.339 e. The Kier molecular flexibility index (Phi) is 4.43. The van der Waals surface area contributed by atoms with Gasteiger partial charge in [0.05, 0.1) is 0 Å². The zero-order valence-electron chi connectivity index (χ0n) is 11.2. The minimum atomic E-state index is 0.410. The average molecular weight is 238 g/mol. The van der Waals surface area contributed by atoms with Crippen molar-refractivity contribution >= 4 is 5.91 Å². The number of rotatable bonds is 3. The molecule has 1 amide bonds. The predicted octanol–water partition coefficient (Wildman–Crippen LogP) is 2.02. The van der Waals surface area contributed by atoms with Gasteiger partial charge in [-0.2, -0.15) is 0 Å². The van der Waals surface area contributed by atoms with Crippen molar-refractivity contribution in [2.24, 2.45) is 11.8 Å². The van der Waals surface area contributed by atoms with Crippen molar-refractivity contribution < 1.29 is 4.79 Å². The van der Waals surface area contributed by atoms with E-state index in [9.17, 15) is 4.79 Å². The van der Waals surface area contributed by atoms with Crippen LogP contribution in [0.2, 0.25) is 0 Å². The van der Waals surface area contributed by atoms with Gasteiger partial charge >= 0.3 is 0 Å². The third-order valence-electron chi connectivity index (χ3n) is 4.31. The molecule has 2 fully saturated rings. The summed E-state index contributed by atoms with van der Waals surface area (Å²) in [4.78, 5) is 14.5. The van der Waals surface area contributed by atoms with Crippen LogP contribution in [0, 0.1) is 11.8 Å². The monoisotopic (exact) mass is 238 g/mol. The number of hydrogen-bond acceptors (Lipinski definition) is 2. The van der Waals surface area contributed by atoms with Crippen LogP contribution in [0.3, 0.4) is 0 Å². The van der Waals surface area contributed by atoms with Gasteiger partial charge in [0, 0.05) is 19.0 Å². The lowest BCUT2D eigenvalue weighted by molar-refractivity contribution is -0.134. The topological polar surface area (TPSA) is 32.3 Å². The summed E-state index contributed by atoms with van der Waals surface area (Å²) in [6.07, 6.45) is 5.53. The molecule has 1 unspecified atom stereocenters. The average Bonchev–Trinajstić information content (AvgIpc) is 2.79. The molecule has 0 aromatic carbocycles. The molecule has 2 aliphatic rings. The Morgan fingerprint density at radius 1 is 1.29 bits per heavy atom. The van der Waals surface area contributed by atoms with Crippen molar-refractivity contribution in [1.29, 1.82) is 0 Å². The van der Waals surface area contributed by atoms with Gasteiger partial charge in [-0.3, -0.25) is 4.79 Å². The summed E-state index contributed by atoms with van der Waals surface area (Å²) < 4.78 is 0. The SMILES string of the molecule is CC(C)C1CCCN1C(=O)CC1CCNCC1. The molecule has 2 saturated heterocycles. The van der Waals surface area contributed by atoms with Crippen molar-refractivity contribution in [3.8, 4) is 0 Å². The highest BCUT2D eigenvalue weighted by Crippen LogP contribution is 2.26. The maximum absolute atomic E-state index is 12.3. The van der Waals surface area contributed by atoms with Crippen LogP contribution in [-0.2, 0) is 4.79 Å². The summed E-state index contributed by atoms with van der Waals surface area (Å²) in [5, 5.41) is 3.36. The molecule has 0 spiro atoms. The molecule has 0 aromatic heterocycles. The first kappa shape index (κ1) is 12.9. The van der Waals surface area contributed by atoms with Gasteiger partial charge in [-0.25, -0.2) is 0 Å². The molecule has 2 rings (SSSR count). The van der Waals surface area contributed by atoms with E-state index in [0.29, 0.717) is 23.8 Å². The van der Waals surface area contributed by atoms with Crippen LogP contribution in [0.15, 0.2) is 0 Å². The summed E-state index contributed by atoms with van der Waals surface area (Å²) in [7, 11) is 0. The van der Waals surface area contributed by atoms with Crippen molar-refractivity contribution in [2.45, 2.75) is 52.0 Å². The fourth-order valence-corrected chi connectivity index (χ4v) is 3.25. The number of amides is 1. The zero-order chi connectivity index (χ0) is 12.3. The van der Waals surface area contributed by atoms with Gasteiger partial charge in [0.25, 0.3) is 0 Å². The predicted molar refractivity (Wildman–Crippen MR) is 69.8 cm³/mol. The lowest BCUT2D eigenvalue weighted by atomic mass is 9.93. The van der Waals surface area contributed by atoms with E-state index in [2.05, 4.69) is 24.1 Å². The Labute approximate surface area is 105 Å². The fourth-order valence-electron chi connectivity index (χ4n) is 3.25. The van der Waals surface area contributed by atoms with Crippen LogP contribution in [0.5, 0.6) is 0 Å². The van der Waals surface area contributed by atoms with Crippen molar-refractivity contribution in [3.05, 3.63) is 0 Å². The molecule has 98 valence electrons. The first-order valence-corrected chi connectivity index (χ1v) is 7.18. The Morgan fingerprint density at radius 2 is 2.00 bits per heavy atom. The molecule has 1 atom stereocenters. The van der Waals surface area contributed by atoms with Gasteiger partial charge in [0.15, 0.2) is 0 Å². The molecule has 1 N–H and O–H groups in total. The van der Waals surface area contributed by atoms with Crippen LogP contribution >= 0.6 is 0 Å². The first-order chi connectivity index (χ1) is 8.18. The third kappa shape index (κ3) is 3.21. The maximum atomic E-state index is 12.3. The summed E-state index contributed by atoms with van der Waals surface area (Å²) in [5.74, 6) is 1.64. The molecule has 2 aliphatic heterocycles. The van der Waals surface area contributed by atoms with E-state index in [-0.39, 0.29) is 0 Å². The van der Waals surface area contributed by atoms with Crippen LogP contribution in [0.25, 0.3) is 0 Å². The van der Waals surface area contributed by atoms with Crippen LogP contribution in [-0.4, -0.2) is 36.5 Å². The van der Waals surface area contributed by atoms with E-state index in [1.165, 1.54) is 25.7 Å². The summed E-state index contributed by atoms with van der Waals surface area (Å²) in [6, 6.07) is 0.504. The van der Waals surface area contributed by atoms with Crippen LogP contribution in [0.4, 0.5) is 0 Å². The van der Waals surface area contributed by atoms with Crippen LogP contribution < -0.4 is 5.32 Å². The Bertz CT molecular complexity index is 259. The molecular weight excluding hydrogens is 212 g/mol. The second kappa shape index (κ2) is 5.85. The highest BCUT2D eigenvalue weighted by Gasteiger charge is 2.31. The number of carbonyl (C=O) groups excluding carboxylic acids is 1. The second-order valence-electron chi connectivity index (χ2n) is 5.94. The quantitative estimate of drug-likeness (QED) is 0.816. The highest BCUT2D eigenvalue weighted by molar-refractivity contribution is 5.77. The third-order valence-corrected chi connectivity index (χ3v) is 4.31. The van der Waals surface area contributed by atoms with Gasteiger partial charge < -0.3 is 10.2 Å². The van der Waals surface area contributed by atoms with E-state index < -0.39 is 0 Å². The molecular formula is C14H26N2O.